The molecule has 0 saturated heterocycles. The summed E-state index contributed by atoms with van der Waals surface area (Å²) < 4.78 is 5.92. The zero-order valence-corrected chi connectivity index (χ0v) is 21.9. The number of carbonyl (C=O) groups is 3. The van der Waals surface area contributed by atoms with Crippen molar-refractivity contribution in [2.45, 2.75) is 6.92 Å². The van der Waals surface area contributed by atoms with Crippen LogP contribution in [-0.2, 0) is 0 Å². The Bertz CT molecular complexity index is 1700. The predicted octanol–water partition coefficient (Wildman–Crippen LogP) is 6.88. The standard InChI is InChI=1S/C34H26N2O4/c1-23-8-5-11-25(22-23)32(37)35(26-16-18-28(19-17-26)40-27-12-3-2-4-13-27)20-21-36-33(38)29-14-6-9-24-10-7-15-30(31(24)29)34(36)39/h2-19,22H,20-21H2,1H3. The van der Waals surface area contributed by atoms with E-state index in [4.69, 9.17) is 4.74 Å². The largest absolute Gasteiger partial charge is 0.457 e. The number of ether oxygens (including phenoxy) is 1. The smallest absolute Gasteiger partial charge is 0.261 e. The number of imide groups is 1. The van der Waals surface area contributed by atoms with Crippen LogP contribution in [0.1, 0.15) is 36.6 Å². The fourth-order valence-corrected chi connectivity index (χ4v) is 5.08. The van der Waals surface area contributed by atoms with E-state index in [2.05, 4.69) is 0 Å². The summed E-state index contributed by atoms with van der Waals surface area (Å²) in [6.07, 6.45) is 0. The van der Waals surface area contributed by atoms with Crippen molar-refractivity contribution in [3.8, 4) is 11.5 Å². The van der Waals surface area contributed by atoms with Gasteiger partial charge in [0.05, 0.1) is 0 Å². The highest BCUT2D eigenvalue weighted by molar-refractivity contribution is 6.25. The van der Waals surface area contributed by atoms with Crippen molar-refractivity contribution in [2.75, 3.05) is 18.0 Å². The minimum absolute atomic E-state index is 0.0439. The Morgan fingerprint density at radius 3 is 2.00 bits per heavy atom. The number of aryl methyl sites for hydroxylation is 1. The molecule has 40 heavy (non-hydrogen) atoms. The molecule has 196 valence electrons. The second-order valence-corrected chi connectivity index (χ2v) is 9.71. The number of hydrogen-bond acceptors (Lipinski definition) is 4. The Morgan fingerprint density at radius 2 is 1.35 bits per heavy atom. The zero-order valence-electron chi connectivity index (χ0n) is 21.9. The summed E-state index contributed by atoms with van der Waals surface area (Å²) >= 11 is 0. The van der Waals surface area contributed by atoms with Crippen LogP contribution in [0.15, 0.2) is 115 Å². The van der Waals surface area contributed by atoms with E-state index < -0.39 is 0 Å². The van der Waals surface area contributed by atoms with Gasteiger partial charge in [-0.3, -0.25) is 19.3 Å². The van der Waals surface area contributed by atoms with Gasteiger partial charge in [-0.25, -0.2) is 0 Å². The van der Waals surface area contributed by atoms with Crippen LogP contribution in [0, 0.1) is 6.92 Å². The van der Waals surface area contributed by atoms with Crippen LogP contribution >= 0.6 is 0 Å². The van der Waals surface area contributed by atoms with Gasteiger partial charge in [-0.2, -0.15) is 0 Å². The van der Waals surface area contributed by atoms with Gasteiger partial charge in [0.1, 0.15) is 11.5 Å². The molecule has 6 nitrogen and oxygen atoms in total. The summed E-state index contributed by atoms with van der Waals surface area (Å²) in [5, 5.41) is 1.53. The molecule has 5 aromatic carbocycles. The second kappa shape index (κ2) is 10.5. The number of amides is 3. The number of para-hydroxylation sites is 1. The number of rotatable bonds is 7. The van der Waals surface area contributed by atoms with Gasteiger partial charge in [-0.05, 0) is 73.0 Å². The summed E-state index contributed by atoms with van der Waals surface area (Å²) in [4.78, 5) is 43.5. The quantitative estimate of drug-likeness (QED) is 0.217. The van der Waals surface area contributed by atoms with Crippen molar-refractivity contribution in [1.29, 1.82) is 0 Å². The van der Waals surface area contributed by atoms with Crippen LogP contribution in [-0.4, -0.2) is 35.7 Å². The van der Waals surface area contributed by atoms with Gasteiger partial charge in [0.15, 0.2) is 0 Å². The first-order chi connectivity index (χ1) is 19.5. The topological polar surface area (TPSA) is 66.9 Å². The van der Waals surface area contributed by atoms with Crippen molar-refractivity contribution in [3.05, 3.63) is 138 Å². The van der Waals surface area contributed by atoms with Crippen molar-refractivity contribution in [2.24, 2.45) is 0 Å². The maximum atomic E-state index is 13.8. The van der Waals surface area contributed by atoms with E-state index in [-0.39, 0.29) is 30.8 Å². The van der Waals surface area contributed by atoms with E-state index in [1.807, 2.05) is 91.9 Å². The van der Waals surface area contributed by atoms with Crippen LogP contribution in [0.4, 0.5) is 5.69 Å². The van der Waals surface area contributed by atoms with E-state index in [0.29, 0.717) is 39.3 Å². The van der Waals surface area contributed by atoms with Gasteiger partial charge in [0.2, 0.25) is 0 Å². The fraction of sp³-hybridized carbons (Fsp3) is 0.0882. The van der Waals surface area contributed by atoms with Crippen molar-refractivity contribution < 1.29 is 19.1 Å². The molecule has 6 heteroatoms. The van der Waals surface area contributed by atoms with E-state index in [9.17, 15) is 14.4 Å². The highest BCUT2D eigenvalue weighted by atomic mass is 16.5. The molecule has 5 aromatic rings. The molecule has 0 spiro atoms. The van der Waals surface area contributed by atoms with Gasteiger partial charge < -0.3 is 9.64 Å². The van der Waals surface area contributed by atoms with Gasteiger partial charge >= 0.3 is 0 Å². The molecule has 1 heterocycles. The number of nitrogens with zero attached hydrogens (tertiary/aromatic N) is 2. The van der Waals surface area contributed by atoms with E-state index in [0.717, 1.165) is 10.9 Å². The fourth-order valence-electron chi connectivity index (χ4n) is 5.08. The van der Waals surface area contributed by atoms with Gasteiger partial charge in [0, 0.05) is 40.9 Å². The van der Waals surface area contributed by atoms with Crippen LogP contribution < -0.4 is 9.64 Å². The average Bonchev–Trinajstić information content (AvgIpc) is 2.98. The summed E-state index contributed by atoms with van der Waals surface area (Å²) in [6.45, 7) is 2.10. The summed E-state index contributed by atoms with van der Waals surface area (Å²) in [5.74, 6) is 0.400. The number of anilines is 1. The third-order valence-electron chi connectivity index (χ3n) is 7.04. The van der Waals surface area contributed by atoms with E-state index in [1.54, 1.807) is 35.2 Å². The minimum atomic E-state index is -0.358. The lowest BCUT2D eigenvalue weighted by molar-refractivity contribution is 0.0611. The normalized spacial score (nSPS) is 12.5. The Hall–Kier alpha value is -5.23. The molecule has 0 atom stereocenters. The summed E-state index contributed by atoms with van der Waals surface area (Å²) in [6, 6.07) is 34.9. The molecule has 0 fully saturated rings. The molecule has 0 aliphatic carbocycles. The highest BCUT2D eigenvalue weighted by Gasteiger charge is 2.33. The lowest BCUT2D eigenvalue weighted by atomic mass is 9.94. The molecule has 0 radical (unpaired) electrons. The van der Waals surface area contributed by atoms with Crippen LogP contribution in [0.5, 0.6) is 11.5 Å². The molecule has 3 amide bonds. The Balaban J connectivity index is 1.29. The molecule has 6 rings (SSSR count). The summed E-state index contributed by atoms with van der Waals surface area (Å²) in [7, 11) is 0. The molecule has 0 N–H and O–H groups in total. The van der Waals surface area contributed by atoms with Crippen LogP contribution in [0.3, 0.4) is 0 Å². The van der Waals surface area contributed by atoms with Gasteiger partial charge in [0.25, 0.3) is 17.7 Å². The molecular formula is C34H26N2O4. The SMILES string of the molecule is Cc1cccc(C(=O)N(CCN2C(=O)c3cccc4cccc(c34)C2=O)c2ccc(Oc3ccccc3)cc2)c1. The lowest BCUT2D eigenvalue weighted by Crippen LogP contribution is -2.46. The third-order valence-corrected chi connectivity index (χ3v) is 7.04. The monoisotopic (exact) mass is 526 g/mol. The number of carbonyl (C=O) groups excluding carboxylic acids is 3. The summed E-state index contributed by atoms with van der Waals surface area (Å²) in [5.41, 5.74) is 3.10. The van der Waals surface area contributed by atoms with Crippen LogP contribution in [0.2, 0.25) is 0 Å². The first-order valence-electron chi connectivity index (χ1n) is 13.1. The first kappa shape index (κ1) is 25.1. The minimum Gasteiger partial charge on any atom is -0.457 e. The molecular weight excluding hydrogens is 500 g/mol. The first-order valence-corrected chi connectivity index (χ1v) is 13.1. The number of hydrogen-bond donors (Lipinski definition) is 0. The third kappa shape index (κ3) is 4.71. The second-order valence-electron chi connectivity index (χ2n) is 9.71. The van der Waals surface area contributed by atoms with Crippen molar-refractivity contribution in [3.63, 3.8) is 0 Å². The maximum Gasteiger partial charge on any atom is 0.261 e. The Morgan fingerprint density at radius 1 is 0.725 bits per heavy atom. The average molecular weight is 527 g/mol. The Kier molecular flexibility index (Phi) is 6.58. The molecule has 1 aliphatic heterocycles. The predicted molar refractivity (Wildman–Crippen MR) is 155 cm³/mol. The molecule has 0 saturated carbocycles. The van der Waals surface area contributed by atoms with E-state index in [1.165, 1.54) is 4.90 Å². The van der Waals surface area contributed by atoms with Crippen molar-refractivity contribution in [1.82, 2.24) is 4.90 Å². The van der Waals surface area contributed by atoms with Crippen LogP contribution in [0.25, 0.3) is 10.8 Å². The van der Waals surface area contributed by atoms with E-state index >= 15 is 0 Å². The molecule has 0 aromatic heterocycles. The lowest BCUT2D eigenvalue weighted by Gasteiger charge is -2.30. The van der Waals surface area contributed by atoms with Gasteiger partial charge in [-0.15, -0.1) is 0 Å². The maximum absolute atomic E-state index is 13.8. The van der Waals surface area contributed by atoms with Gasteiger partial charge in [-0.1, -0.05) is 60.2 Å². The number of benzene rings is 5. The van der Waals surface area contributed by atoms with Crippen molar-refractivity contribution >= 4 is 34.2 Å². The highest BCUT2D eigenvalue weighted by Crippen LogP contribution is 2.30. The Labute approximate surface area is 232 Å². The molecule has 0 bridgehead atoms. The zero-order chi connectivity index (χ0) is 27.6. The molecule has 1 aliphatic rings. The molecule has 0 unspecified atom stereocenters.